The molecule has 0 unspecified atom stereocenters. The van der Waals surface area contributed by atoms with Gasteiger partial charge in [0.2, 0.25) is 0 Å². The lowest BCUT2D eigenvalue weighted by atomic mass is 10.1. The Morgan fingerprint density at radius 2 is 2.00 bits per heavy atom. The standard InChI is InChI=1S/C15H11BrClNO3/c16-11-5-4-9(8-12(11)17)18-15(19)10-2-1-3-13-14(10)21-7-6-20-13/h1-5,8H,6-7H2,(H,18,19). The van der Waals surface area contributed by atoms with Crippen LogP contribution in [0.3, 0.4) is 0 Å². The van der Waals surface area contributed by atoms with Crippen molar-refractivity contribution in [1.82, 2.24) is 0 Å². The van der Waals surface area contributed by atoms with Crippen LogP contribution in [0.4, 0.5) is 5.69 Å². The highest BCUT2D eigenvalue weighted by Crippen LogP contribution is 2.34. The molecule has 0 atom stereocenters. The number of carbonyl (C=O) groups excluding carboxylic acids is 1. The van der Waals surface area contributed by atoms with E-state index in [1.54, 1.807) is 36.4 Å². The number of amides is 1. The van der Waals surface area contributed by atoms with Crippen molar-refractivity contribution in [3.05, 3.63) is 51.5 Å². The van der Waals surface area contributed by atoms with Gasteiger partial charge in [0.05, 0.1) is 10.6 Å². The average Bonchev–Trinajstić information content (AvgIpc) is 2.50. The Balaban J connectivity index is 1.87. The number of fused-ring (bicyclic) bond motifs is 1. The zero-order valence-electron chi connectivity index (χ0n) is 10.9. The number of halogens is 2. The van der Waals surface area contributed by atoms with Crippen molar-refractivity contribution < 1.29 is 14.3 Å². The maximum absolute atomic E-state index is 12.4. The maximum atomic E-state index is 12.4. The summed E-state index contributed by atoms with van der Waals surface area (Å²) in [6.45, 7) is 0.918. The van der Waals surface area contributed by atoms with Crippen LogP contribution in [-0.2, 0) is 0 Å². The van der Waals surface area contributed by atoms with Crippen LogP contribution < -0.4 is 14.8 Å². The van der Waals surface area contributed by atoms with E-state index in [4.69, 9.17) is 21.1 Å². The van der Waals surface area contributed by atoms with Crippen LogP contribution in [0.25, 0.3) is 0 Å². The summed E-state index contributed by atoms with van der Waals surface area (Å²) >= 11 is 9.32. The van der Waals surface area contributed by atoms with Gasteiger partial charge in [-0.3, -0.25) is 4.79 Å². The largest absolute Gasteiger partial charge is 0.486 e. The molecule has 0 spiro atoms. The molecule has 1 amide bonds. The number of hydrogen-bond acceptors (Lipinski definition) is 3. The zero-order chi connectivity index (χ0) is 14.8. The van der Waals surface area contributed by atoms with E-state index in [1.807, 2.05) is 0 Å². The smallest absolute Gasteiger partial charge is 0.259 e. The molecule has 1 heterocycles. The first-order valence-corrected chi connectivity index (χ1v) is 7.47. The summed E-state index contributed by atoms with van der Waals surface area (Å²) in [4.78, 5) is 12.4. The Morgan fingerprint density at radius 1 is 1.19 bits per heavy atom. The summed E-state index contributed by atoms with van der Waals surface area (Å²) in [6, 6.07) is 10.5. The van der Waals surface area contributed by atoms with Crippen molar-refractivity contribution in [1.29, 1.82) is 0 Å². The van der Waals surface area contributed by atoms with Crippen LogP contribution in [-0.4, -0.2) is 19.1 Å². The third-order valence-electron chi connectivity index (χ3n) is 2.99. The normalized spacial score (nSPS) is 12.9. The minimum Gasteiger partial charge on any atom is -0.486 e. The lowest BCUT2D eigenvalue weighted by molar-refractivity contribution is 0.101. The lowest BCUT2D eigenvalue weighted by Gasteiger charge is -2.20. The quantitative estimate of drug-likeness (QED) is 0.867. The first kappa shape index (κ1) is 14.2. The van der Waals surface area contributed by atoms with Gasteiger partial charge in [0.1, 0.15) is 13.2 Å². The fraction of sp³-hybridized carbons (Fsp3) is 0.133. The summed E-state index contributed by atoms with van der Waals surface area (Å²) in [6.07, 6.45) is 0. The highest BCUT2D eigenvalue weighted by Gasteiger charge is 2.20. The maximum Gasteiger partial charge on any atom is 0.259 e. The van der Waals surface area contributed by atoms with Crippen molar-refractivity contribution in [2.75, 3.05) is 18.5 Å². The molecule has 0 fully saturated rings. The Labute approximate surface area is 135 Å². The van der Waals surface area contributed by atoms with E-state index in [9.17, 15) is 4.79 Å². The molecule has 4 nitrogen and oxygen atoms in total. The Bertz CT molecular complexity index is 705. The molecule has 108 valence electrons. The van der Waals surface area contributed by atoms with Gasteiger partial charge in [0.15, 0.2) is 11.5 Å². The molecular weight excluding hydrogens is 358 g/mol. The Kier molecular flexibility index (Phi) is 4.03. The van der Waals surface area contributed by atoms with E-state index in [0.29, 0.717) is 41.0 Å². The predicted octanol–water partition coefficient (Wildman–Crippen LogP) is 4.13. The molecule has 1 aliphatic heterocycles. The fourth-order valence-electron chi connectivity index (χ4n) is 2.02. The molecule has 0 radical (unpaired) electrons. The molecule has 2 aromatic carbocycles. The van der Waals surface area contributed by atoms with E-state index in [2.05, 4.69) is 21.2 Å². The number of nitrogens with one attached hydrogen (secondary N) is 1. The van der Waals surface area contributed by atoms with E-state index < -0.39 is 0 Å². The summed E-state index contributed by atoms with van der Waals surface area (Å²) < 4.78 is 11.8. The second kappa shape index (κ2) is 5.95. The van der Waals surface area contributed by atoms with Gasteiger partial charge in [0, 0.05) is 10.2 Å². The lowest BCUT2D eigenvalue weighted by Crippen LogP contribution is -2.20. The number of rotatable bonds is 2. The molecule has 1 aliphatic rings. The predicted molar refractivity (Wildman–Crippen MR) is 84.5 cm³/mol. The summed E-state index contributed by atoms with van der Waals surface area (Å²) in [5.74, 6) is 0.794. The van der Waals surface area contributed by atoms with E-state index in [0.717, 1.165) is 4.47 Å². The molecular formula is C15H11BrClNO3. The van der Waals surface area contributed by atoms with Gasteiger partial charge in [-0.25, -0.2) is 0 Å². The molecule has 1 N–H and O–H groups in total. The van der Waals surface area contributed by atoms with Crippen LogP contribution in [0.15, 0.2) is 40.9 Å². The summed E-state index contributed by atoms with van der Waals surface area (Å²) in [5.41, 5.74) is 1.05. The van der Waals surface area contributed by atoms with Crippen molar-refractivity contribution >= 4 is 39.1 Å². The van der Waals surface area contributed by atoms with Crippen LogP contribution in [0.1, 0.15) is 10.4 Å². The van der Waals surface area contributed by atoms with Gasteiger partial charge in [-0.15, -0.1) is 0 Å². The Hall–Kier alpha value is -1.72. The number of carbonyl (C=O) groups is 1. The van der Waals surface area contributed by atoms with Crippen molar-refractivity contribution in [3.8, 4) is 11.5 Å². The monoisotopic (exact) mass is 367 g/mol. The second-order valence-electron chi connectivity index (χ2n) is 4.41. The first-order chi connectivity index (χ1) is 10.1. The second-order valence-corrected chi connectivity index (χ2v) is 5.67. The topological polar surface area (TPSA) is 47.6 Å². The SMILES string of the molecule is O=C(Nc1ccc(Br)c(Cl)c1)c1cccc2c1OCCO2. The molecule has 0 bridgehead atoms. The van der Waals surface area contributed by atoms with Gasteiger partial charge in [-0.1, -0.05) is 17.7 Å². The zero-order valence-corrected chi connectivity index (χ0v) is 13.2. The minimum atomic E-state index is -0.268. The molecule has 0 aromatic heterocycles. The molecule has 21 heavy (non-hydrogen) atoms. The number of para-hydroxylation sites is 1. The molecule has 0 saturated heterocycles. The molecule has 2 aromatic rings. The van der Waals surface area contributed by atoms with Gasteiger partial charge < -0.3 is 14.8 Å². The van der Waals surface area contributed by atoms with Gasteiger partial charge in [0.25, 0.3) is 5.91 Å². The summed E-state index contributed by atoms with van der Waals surface area (Å²) in [5, 5.41) is 3.33. The van der Waals surface area contributed by atoms with Gasteiger partial charge in [-0.2, -0.15) is 0 Å². The molecule has 0 aliphatic carbocycles. The van der Waals surface area contributed by atoms with Crippen molar-refractivity contribution in [2.24, 2.45) is 0 Å². The van der Waals surface area contributed by atoms with Crippen LogP contribution in [0.2, 0.25) is 5.02 Å². The Morgan fingerprint density at radius 3 is 2.81 bits per heavy atom. The number of hydrogen-bond donors (Lipinski definition) is 1. The van der Waals surface area contributed by atoms with E-state index in [-0.39, 0.29) is 5.91 Å². The third-order valence-corrected chi connectivity index (χ3v) is 4.22. The minimum absolute atomic E-state index is 0.268. The first-order valence-electron chi connectivity index (χ1n) is 6.30. The van der Waals surface area contributed by atoms with Crippen LogP contribution in [0.5, 0.6) is 11.5 Å². The number of anilines is 1. The highest BCUT2D eigenvalue weighted by molar-refractivity contribution is 9.10. The van der Waals surface area contributed by atoms with Gasteiger partial charge in [-0.05, 0) is 46.3 Å². The van der Waals surface area contributed by atoms with Crippen LogP contribution >= 0.6 is 27.5 Å². The van der Waals surface area contributed by atoms with Crippen LogP contribution in [0, 0.1) is 0 Å². The van der Waals surface area contributed by atoms with E-state index in [1.165, 1.54) is 0 Å². The number of benzene rings is 2. The van der Waals surface area contributed by atoms with E-state index >= 15 is 0 Å². The fourth-order valence-corrected chi connectivity index (χ4v) is 2.45. The molecule has 3 rings (SSSR count). The van der Waals surface area contributed by atoms with Crippen molar-refractivity contribution in [2.45, 2.75) is 0 Å². The average molecular weight is 369 g/mol. The third kappa shape index (κ3) is 2.99. The number of ether oxygens (including phenoxy) is 2. The highest BCUT2D eigenvalue weighted by atomic mass is 79.9. The summed E-state index contributed by atoms with van der Waals surface area (Å²) in [7, 11) is 0. The van der Waals surface area contributed by atoms with Crippen molar-refractivity contribution in [3.63, 3.8) is 0 Å². The molecule has 6 heteroatoms. The van der Waals surface area contributed by atoms with Gasteiger partial charge >= 0.3 is 0 Å². The molecule has 0 saturated carbocycles.